The number of anilines is 1. The number of rotatable bonds is 8. The second-order valence-electron chi connectivity index (χ2n) is 6.45. The monoisotopic (exact) mass is 504 g/mol. The summed E-state index contributed by atoms with van der Waals surface area (Å²) >= 11 is 0. The third-order valence-corrected chi connectivity index (χ3v) is 4.45. The Labute approximate surface area is 184 Å². The first-order valence-electron chi connectivity index (χ1n) is 9.76. The summed E-state index contributed by atoms with van der Waals surface area (Å²) < 4.78 is 5.05. The molecular formula is C19H33IN6O2. The number of carbonyl (C=O) groups is 1. The summed E-state index contributed by atoms with van der Waals surface area (Å²) in [7, 11) is 1.78. The van der Waals surface area contributed by atoms with E-state index in [0.29, 0.717) is 25.7 Å². The minimum Gasteiger partial charge on any atom is -0.450 e. The Balaban J connectivity index is 0.00000392. The predicted octanol–water partition coefficient (Wildman–Crippen LogP) is 2.68. The fraction of sp³-hybridized carbons (Fsp3) is 0.632. The number of likely N-dealkylation sites (tertiary alicyclic amines) is 1. The molecule has 2 heterocycles. The molecule has 158 valence electrons. The zero-order valence-corrected chi connectivity index (χ0v) is 19.1. The van der Waals surface area contributed by atoms with Crippen molar-refractivity contribution in [3.63, 3.8) is 0 Å². The predicted molar refractivity (Wildman–Crippen MR) is 123 cm³/mol. The van der Waals surface area contributed by atoms with Crippen LogP contribution >= 0.6 is 24.0 Å². The van der Waals surface area contributed by atoms with Crippen molar-refractivity contribution in [2.24, 2.45) is 4.99 Å². The average molecular weight is 504 g/mol. The van der Waals surface area contributed by atoms with Crippen LogP contribution in [0.4, 0.5) is 10.6 Å². The van der Waals surface area contributed by atoms with Gasteiger partial charge in [0.15, 0.2) is 5.96 Å². The number of piperidine rings is 1. The van der Waals surface area contributed by atoms with Gasteiger partial charge in [0.25, 0.3) is 0 Å². The second kappa shape index (κ2) is 14.3. The number of pyridine rings is 1. The molecule has 0 radical (unpaired) electrons. The number of amides is 1. The summed E-state index contributed by atoms with van der Waals surface area (Å²) in [5.74, 6) is 1.74. The van der Waals surface area contributed by atoms with Crippen LogP contribution in [0.25, 0.3) is 0 Å². The molecule has 0 spiro atoms. The zero-order valence-electron chi connectivity index (χ0n) is 16.8. The number of carbonyl (C=O) groups excluding carboxylic acids is 1. The third-order valence-electron chi connectivity index (χ3n) is 4.45. The van der Waals surface area contributed by atoms with Gasteiger partial charge >= 0.3 is 6.09 Å². The normalized spacial score (nSPS) is 14.8. The van der Waals surface area contributed by atoms with Crippen LogP contribution in [0.5, 0.6) is 0 Å². The summed E-state index contributed by atoms with van der Waals surface area (Å²) in [6.45, 7) is 5.45. The highest BCUT2D eigenvalue weighted by Crippen LogP contribution is 2.11. The number of halogens is 1. The summed E-state index contributed by atoms with van der Waals surface area (Å²) in [5.41, 5.74) is 0. The van der Waals surface area contributed by atoms with Crippen molar-refractivity contribution in [3.8, 4) is 0 Å². The van der Waals surface area contributed by atoms with Crippen LogP contribution in [0.1, 0.15) is 32.6 Å². The molecule has 1 aromatic heterocycles. The molecule has 1 aliphatic rings. The van der Waals surface area contributed by atoms with Gasteiger partial charge in [-0.15, -0.1) is 24.0 Å². The Morgan fingerprint density at radius 3 is 2.68 bits per heavy atom. The van der Waals surface area contributed by atoms with Crippen molar-refractivity contribution in [2.45, 2.75) is 38.6 Å². The van der Waals surface area contributed by atoms with Gasteiger partial charge in [0.05, 0.1) is 6.61 Å². The largest absolute Gasteiger partial charge is 0.450 e. The molecule has 0 aromatic carbocycles. The van der Waals surface area contributed by atoms with Crippen LogP contribution in [0.15, 0.2) is 29.4 Å². The van der Waals surface area contributed by atoms with E-state index in [1.165, 1.54) is 0 Å². The number of guanidine groups is 1. The Kier molecular flexibility index (Phi) is 12.3. The second-order valence-corrected chi connectivity index (χ2v) is 6.45. The molecule has 3 N–H and O–H groups in total. The Bertz CT molecular complexity index is 579. The molecule has 9 heteroatoms. The summed E-state index contributed by atoms with van der Waals surface area (Å²) in [4.78, 5) is 22.0. The molecule has 1 aliphatic heterocycles. The van der Waals surface area contributed by atoms with Crippen LogP contribution in [0.2, 0.25) is 0 Å². The molecule has 1 aromatic rings. The lowest BCUT2D eigenvalue weighted by atomic mass is 10.1. The van der Waals surface area contributed by atoms with Crippen LogP contribution < -0.4 is 16.0 Å². The molecule has 0 bridgehead atoms. The number of nitrogens with one attached hydrogen (secondary N) is 3. The summed E-state index contributed by atoms with van der Waals surface area (Å²) in [6, 6.07) is 6.18. The van der Waals surface area contributed by atoms with Crippen LogP contribution in [0.3, 0.4) is 0 Å². The minimum absolute atomic E-state index is 0. The van der Waals surface area contributed by atoms with E-state index in [1.807, 2.05) is 25.1 Å². The van der Waals surface area contributed by atoms with Gasteiger partial charge in [-0.25, -0.2) is 9.78 Å². The van der Waals surface area contributed by atoms with Gasteiger partial charge in [-0.1, -0.05) is 6.07 Å². The van der Waals surface area contributed by atoms with Crippen LogP contribution in [-0.4, -0.2) is 67.8 Å². The molecule has 1 amide bonds. The summed E-state index contributed by atoms with van der Waals surface area (Å²) in [5, 5.41) is 10.1. The van der Waals surface area contributed by atoms with Gasteiger partial charge in [-0.05, 0) is 44.7 Å². The van der Waals surface area contributed by atoms with E-state index in [1.54, 1.807) is 18.1 Å². The summed E-state index contributed by atoms with van der Waals surface area (Å²) in [6.07, 6.45) is 5.47. The standard InChI is InChI=1S/C19H32N6O2.HI/c1-3-27-19(26)25-14-9-16(10-15-25)24-18(20-2)23-13-7-6-12-22-17-8-4-5-11-21-17;/h4-5,8,11,16H,3,6-7,9-10,12-15H2,1-2H3,(H,21,22)(H2,20,23,24);1H. The fourth-order valence-corrected chi connectivity index (χ4v) is 2.95. The van der Waals surface area contributed by atoms with Crippen molar-refractivity contribution in [2.75, 3.05) is 45.2 Å². The maximum Gasteiger partial charge on any atom is 0.409 e. The Morgan fingerprint density at radius 1 is 1.29 bits per heavy atom. The first-order valence-corrected chi connectivity index (χ1v) is 9.76. The van der Waals surface area contributed by atoms with E-state index in [-0.39, 0.29) is 30.1 Å². The number of hydrogen-bond acceptors (Lipinski definition) is 5. The molecular weight excluding hydrogens is 471 g/mol. The Morgan fingerprint density at radius 2 is 2.04 bits per heavy atom. The van der Waals surface area contributed by atoms with Crippen molar-refractivity contribution in [3.05, 3.63) is 24.4 Å². The van der Waals surface area contributed by atoms with Crippen molar-refractivity contribution < 1.29 is 9.53 Å². The van der Waals surface area contributed by atoms with E-state index in [4.69, 9.17) is 4.74 Å². The van der Waals surface area contributed by atoms with Gasteiger partial charge in [-0.2, -0.15) is 0 Å². The van der Waals surface area contributed by atoms with E-state index < -0.39 is 0 Å². The highest BCUT2D eigenvalue weighted by Gasteiger charge is 2.23. The van der Waals surface area contributed by atoms with Crippen molar-refractivity contribution >= 4 is 41.8 Å². The first-order chi connectivity index (χ1) is 13.2. The van der Waals surface area contributed by atoms with Gasteiger partial charge in [0.2, 0.25) is 0 Å². The number of nitrogens with zero attached hydrogens (tertiary/aromatic N) is 3. The molecule has 1 saturated heterocycles. The minimum atomic E-state index is -0.210. The maximum atomic E-state index is 11.7. The quantitative estimate of drug-likeness (QED) is 0.218. The number of hydrogen-bond donors (Lipinski definition) is 3. The molecule has 28 heavy (non-hydrogen) atoms. The van der Waals surface area contributed by atoms with E-state index in [9.17, 15) is 4.79 Å². The molecule has 0 atom stereocenters. The SMILES string of the molecule is CCOC(=O)N1CCC(NC(=NC)NCCCCNc2ccccn2)CC1.I. The molecule has 1 fully saturated rings. The Hall–Kier alpha value is -1.78. The van der Waals surface area contributed by atoms with Gasteiger partial charge in [0, 0.05) is 45.5 Å². The number of ether oxygens (including phenoxy) is 1. The van der Waals surface area contributed by atoms with Crippen LogP contribution in [-0.2, 0) is 4.74 Å². The maximum absolute atomic E-state index is 11.7. The smallest absolute Gasteiger partial charge is 0.409 e. The number of aromatic nitrogens is 1. The van der Waals surface area contributed by atoms with Gasteiger partial charge in [0.1, 0.15) is 5.82 Å². The molecule has 0 saturated carbocycles. The fourth-order valence-electron chi connectivity index (χ4n) is 2.95. The van der Waals surface area contributed by atoms with Crippen LogP contribution in [0, 0.1) is 0 Å². The topological polar surface area (TPSA) is 90.9 Å². The average Bonchev–Trinajstić information content (AvgIpc) is 2.71. The van der Waals surface area contributed by atoms with Gasteiger partial charge < -0.3 is 25.6 Å². The van der Waals surface area contributed by atoms with Gasteiger partial charge in [-0.3, -0.25) is 4.99 Å². The highest BCUT2D eigenvalue weighted by atomic mass is 127. The molecule has 0 aliphatic carbocycles. The lowest BCUT2D eigenvalue weighted by molar-refractivity contribution is 0.0963. The first kappa shape index (κ1) is 24.3. The lowest BCUT2D eigenvalue weighted by Gasteiger charge is -2.32. The molecule has 0 unspecified atom stereocenters. The van der Waals surface area contributed by atoms with E-state index in [0.717, 1.165) is 50.6 Å². The van der Waals surface area contributed by atoms with Crippen molar-refractivity contribution in [1.82, 2.24) is 20.5 Å². The van der Waals surface area contributed by atoms with Crippen molar-refractivity contribution in [1.29, 1.82) is 0 Å². The van der Waals surface area contributed by atoms with E-state index >= 15 is 0 Å². The third kappa shape index (κ3) is 8.94. The number of unbranched alkanes of at least 4 members (excludes halogenated alkanes) is 1. The highest BCUT2D eigenvalue weighted by molar-refractivity contribution is 14.0. The van der Waals surface area contributed by atoms with E-state index in [2.05, 4.69) is 25.9 Å². The molecule has 2 rings (SSSR count). The molecule has 8 nitrogen and oxygen atoms in total. The zero-order chi connectivity index (χ0) is 19.3. The lowest BCUT2D eigenvalue weighted by Crippen LogP contribution is -2.50. The number of aliphatic imine (C=N–C) groups is 1.